The zero-order valence-corrected chi connectivity index (χ0v) is 20.8. The zero-order chi connectivity index (χ0) is 23.3. The number of halogens is 1. The van der Waals surface area contributed by atoms with Crippen LogP contribution in [-0.4, -0.2) is 35.6 Å². The third-order valence-electron chi connectivity index (χ3n) is 5.40. The molecule has 0 aliphatic rings. The van der Waals surface area contributed by atoms with E-state index in [2.05, 4.69) is 13.8 Å². The van der Waals surface area contributed by atoms with Crippen molar-refractivity contribution < 1.29 is 19.4 Å². The number of ether oxygens (including phenoxy) is 1. The van der Waals surface area contributed by atoms with Gasteiger partial charge in [0.1, 0.15) is 11.6 Å². The normalized spacial score (nSPS) is 10.4. The first-order chi connectivity index (χ1) is 15.5. The molecule has 0 saturated carbocycles. The maximum absolute atomic E-state index is 12.6. The summed E-state index contributed by atoms with van der Waals surface area (Å²) in [5.41, 5.74) is 2.48. The highest BCUT2D eigenvalue weighted by molar-refractivity contribution is 5.92. The number of aliphatic carboxylic acids is 1. The van der Waals surface area contributed by atoms with E-state index in [1.807, 2.05) is 36.4 Å². The Hall–Kier alpha value is -2.60. The first-order valence-corrected chi connectivity index (χ1v) is 11.7. The molecule has 1 N–H and O–H groups in total. The standard InChI is InChI=1S/C26H36N2O4.ClH/c1-4-6-8-9-13-25(29)28(3)24-12-10-11-22(27-24)21-16-14-20(15-17-26(30)31)19-23(21)32-18-7-5-2;/h10-12,14,16,19H,4-9,13,15,17-18H2,1-3H3,(H,30,31);1H. The average molecular weight is 477 g/mol. The van der Waals surface area contributed by atoms with Gasteiger partial charge in [0.25, 0.3) is 0 Å². The zero-order valence-electron chi connectivity index (χ0n) is 20.0. The quantitative estimate of drug-likeness (QED) is 0.323. The number of benzene rings is 1. The van der Waals surface area contributed by atoms with Crippen molar-refractivity contribution in [2.24, 2.45) is 0 Å². The number of carboxylic acid groups (broad SMARTS) is 1. The lowest BCUT2D eigenvalue weighted by Gasteiger charge is -2.18. The Morgan fingerprint density at radius 1 is 1.00 bits per heavy atom. The summed E-state index contributed by atoms with van der Waals surface area (Å²) in [4.78, 5) is 29.9. The number of aromatic nitrogens is 1. The van der Waals surface area contributed by atoms with Gasteiger partial charge in [-0.1, -0.05) is 51.7 Å². The molecule has 0 saturated heterocycles. The molecule has 0 fully saturated rings. The molecule has 6 nitrogen and oxygen atoms in total. The summed E-state index contributed by atoms with van der Waals surface area (Å²) < 4.78 is 6.04. The molecule has 0 spiro atoms. The molecular formula is C26H37ClN2O4. The van der Waals surface area contributed by atoms with Crippen LogP contribution in [-0.2, 0) is 16.0 Å². The topological polar surface area (TPSA) is 79.7 Å². The molecule has 1 amide bonds. The van der Waals surface area contributed by atoms with E-state index >= 15 is 0 Å². The molecule has 1 aromatic carbocycles. The predicted molar refractivity (Wildman–Crippen MR) is 135 cm³/mol. The Kier molecular flexibility index (Phi) is 13.2. The van der Waals surface area contributed by atoms with Crippen molar-refractivity contribution in [3.05, 3.63) is 42.0 Å². The number of hydrogen-bond donors (Lipinski definition) is 1. The van der Waals surface area contributed by atoms with E-state index in [0.717, 1.165) is 55.3 Å². The fourth-order valence-corrected chi connectivity index (χ4v) is 3.39. The van der Waals surface area contributed by atoms with Crippen LogP contribution in [0.4, 0.5) is 5.82 Å². The molecule has 0 radical (unpaired) electrons. The van der Waals surface area contributed by atoms with Gasteiger partial charge in [-0.05, 0) is 49.1 Å². The van der Waals surface area contributed by atoms with E-state index in [0.29, 0.717) is 31.0 Å². The van der Waals surface area contributed by atoms with E-state index in [4.69, 9.17) is 14.8 Å². The highest BCUT2D eigenvalue weighted by atomic mass is 35.5. The third kappa shape index (κ3) is 9.42. The highest BCUT2D eigenvalue weighted by Gasteiger charge is 2.15. The molecule has 2 rings (SSSR count). The summed E-state index contributed by atoms with van der Waals surface area (Å²) in [7, 11) is 1.77. The minimum atomic E-state index is -0.820. The lowest BCUT2D eigenvalue weighted by atomic mass is 10.0. The minimum Gasteiger partial charge on any atom is -0.493 e. The predicted octanol–water partition coefficient (Wildman–Crippen LogP) is 6.30. The van der Waals surface area contributed by atoms with Crippen molar-refractivity contribution in [1.29, 1.82) is 0 Å². The Labute approximate surface area is 203 Å². The second-order valence-corrected chi connectivity index (χ2v) is 8.07. The number of carboxylic acids is 1. The lowest BCUT2D eigenvalue weighted by Crippen LogP contribution is -2.26. The molecule has 0 aliphatic heterocycles. The number of hydrogen-bond acceptors (Lipinski definition) is 4. The Morgan fingerprint density at radius 3 is 2.45 bits per heavy atom. The first kappa shape index (κ1) is 28.4. The average Bonchev–Trinajstić information content (AvgIpc) is 2.80. The van der Waals surface area contributed by atoms with Gasteiger partial charge in [0.05, 0.1) is 12.3 Å². The van der Waals surface area contributed by atoms with Crippen molar-refractivity contribution in [2.75, 3.05) is 18.6 Å². The third-order valence-corrected chi connectivity index (χ3v) is 5.40. The van der Waals surface area contributed by atoms with E-state index < -0.39 is 5.97 Å². The number of nitrogens with zero attached hydrogens (tertiary/aromatic N) is 2. The van der Waals surface area contributed by atoms with E-state index in [9.17, 15) is 9.59 Å². The molecule has 33 heavy (non-hydrogen) atoms. The highest BCUT2D eigenvalue weighted by Crippen LogP contribution is 2.32. The number of carbonyl (C=O) groups is 2. The van der Waals surface area contributed by atoms with Crippen molar-refractivity contribution in [1.82, 2.24) is 4.98 Å². The number of anilines is 1. The Balaban J connectivity index is 0.00000544. The fraction of sp³-hybridized carbons (Fsp3) is 0.500. The molecule has 1 aromatic heterocycles. The SMILES string of the molecule is CCCCCCC(=O)N(C)c1cccc(-c2ccc(CCC(=O)O)cc2OCCCC)n1.Cl. The van der Waals surface area contributed by atoms with Crippen LogP contribution in [0.15, 0.2) is 36.4 Å². The van der Waals surface area contributed by atoms with Crippen molar-refractivity contribution in [3.63, 3.8) is 0 Å². The van der Waals surface area contributed by atoms with Crippen molar-refractivity contribution in [2.45, 2.75) is 71.6 Å². The van der Waals surface area contributed by atoms with Crippen LogP contribution in [0.3, 0.4) is 0 Å². The van der Waals surface area contributed by atoms with Gasteiger partial charge >= 0.3 is 5.97 Å². The van der Waals surface area contributed by atoms with Crippen LogP contribution >= 0.6 is 12.4 Å². The Morgan fingerprint density at radius 2 is 1.76 bits per heavy atom. The van der Waals surface area contributed by atoms with Gasteiger partial charge in [-0.2, -0.15) is 0 Å². The molecule has 0 unspecified atom stereocenters. The number of rotatable bonds is 14. The number of carbonyl (C=O) groups excluding carboxylic acids is 1. The van der Waals surface area contributed by atoms with Gasteiger partial charge in [-0.15, -0.1) is 12.4 Å². The van der Waals surface area contributed by atoms with E-state index in [1.165, 1.54) is 0 Å². The minimum absolute atomic E-state index is 0. The van der Waals surface area contributed by atoms with Gasteiger partial charge in [0, 0.05) is 25.5 Å². The first-order valence-electron chi connectivity index (χ1n) is 11.7. The molecule has 0 aliphatic carbocycles. The van der Waals surface area contributed by atoms with Gasteiger partial charge < -0.3 is 9.84 Å². The molecule has 7 heteroatoms. The number of pyridine rings is 1. The second kappa shape index (κ2) is 15.3. The lowest BCUT2D eigenvalue weighted by molar-refractivity contribution is -0.137. The Bertz CT molecular complexity index is 888. The van der Waals surface area contributed by atoms with Crippen LogP contribution in [0, 0.1) is 0 Å². The van der Waals surface area contributed by atoms with E-state index in [-0.39, 0.29) is 24.7 Å². The number of amides is 1. The van der Waals surface area contributed by atoms with Gasteiger partial charge in [-0.3, -0.25) is 14.5 Å². The maximum atomic E-state index is 12.6. The van der Waals surface area contributed by atoms with Crippen molar-refractivity contribution >= 4 is 30.1 Å². The molecule has 2 aromatic rings. The molecular weight excluding hydrogens is 440 g/mol. The second-order valence-electron chi connectivity index (χ2n) is 8.07. The smallest absolute Gasteiger partial charge is 0.303 e. The van der Waals surface area contributed by atoms with Gasteiger partial charge in [-0.25, -0.2) is 4.98 Å². The van der Waals surface area contributed by atoms with E-state index in [1.54, 1.807) is 11.9 Å². The summed E-state index contributed by atoms with van der Waals surface area (Å²) in [5, 5.41) is 8.98. The van der Waals surface area contributed by atoms with Crippen LogP contribution in [0.2, 0.25) is 0 Å². The summed E-state index contributed by atoms with van der Waals surface area (Å²) in [6.07, 6.45) is 7.25. The summed E-state index contributed by atoms with van der Waals surface area (Å²) in [6, 6.07) is 11.4. The van der Waals surface area contributed by atoms with Crippen LogP contribution < -0.4 is 9.64 Å². The maximum Gasteiger partial charge on any atom is 0.303 e. The molecule has 0 atom stereocenters. The molecule has 1 heterocycles. The van der Waals surface area contributed by atoms with Crippen LogP contribution in [0.25, 0.3) is 11.3 Å². The van der Waals surface area contributed by atoms with Crippen molar-refractivity contribution in [3.8, 4) is 17.0 Å². The summed E-state index contributed by atoms with van der Waals surface area (Å²) in [6.45, 7) is 4.84. The largest absolute Gasteiger partial charge is 0.493 e. The number of aryl methyl sites for hydroxylation is 1. The van der Waals surface area contributed by atoms with Gasteiger partial charge in [0.15, 0.2) is 0 Å². The van der Waals surface area contributed by atoms with Crippen LogP contribution in [0.1, 0.15) is 70.8 Å². The summed E-state index contributed by atoms with van der Waals surface area (Å²) >= 11 is 0. The van der Waals surface area contributed by atoms with Gasteiger partial charge in [0.2, 0.25) is 5.91 Å². The van der Waals surface area contributed by atoms with Crippen LogP contribution in [0.5, 0.6) is 5.75 Å². The number of unbranched alkanes of at least 4 members (excludes halogenated alkanes) is 4. The summed E-state index contributed by atoms with van der Waals surface area (Å²) in [5.74, 6) is 0.547. The monoisotopic (exact) mass is 476 g/mol. The fourth-order valence-electron chi connectivity index (χ4n) is 3.39. The molecule has 0 bridgehead atoms. The molecule has 182 valence electrons.